The summed E-state index contributed by atoms with van der Waals surface area (Å²) in [5.74, 6) is 0. The number of hydrogen-bond acceptors (Lipinski definition) is 3. The summed E-state index contributed by atoms with van der Waals surface area (Å²) in [6, 6.07) is 0. The van der Waals surface area contributed by atoms with Crippen LogP contribution >= 0.6 is 12.2 Å². The Balaban J connectivity index is 1.84. The second kappa shape index (κ2) is 5.61. The molecule has 1 aliphatic carbocycles. The predicted octanol–water partition coefficient (Wildman–Crippen LogP) is 2.00. The van der Waals surface area contributed by atoms with E-state index in [1.165, 1.54) is 25.7 Å². The lowest BCUT2D eigenvalue weighted by atomic mass is 10.3. The zero-order chi connectivity index (χ0) is 11.4. The van der Waals surface area contributed by atoms with Crippen LogP contribution in [0.15, 0.2) is 6.20 Å². The van der Waals surface area contributed by atoms with Gasteiger partial charge in [0.25, 0.3) is 0 Å². The molecule has 1 heterocycles. The molecule has 0 aliphatic heterocycles. The summed E-state index contributed by atoms with van der Waals surface area (Å²) in [5, 5.41) is 9.11. The Morgan fingerprint density at radius 3 is 2.94 bits per heavy atom. The van der Waals surface area contributed by atoms with Crippen molar-refractivity contribution in [3.8, 4) is 0 Å². The second-order valence-electron chi connectivity index (χ2n) is 4.17. The molecule has 0 bridgehead atoms. The van der Waals surface area contributed by atoms with Crippen molar-refractivity contribution in [3.63, 3.8) is 0 Å². The van der Waals surface area contributed by atoms with E-state index in [2.05, 4.69) is 4.98 Å². The first kappa shape index (κ1) is 11.8. The Labute approximate surface area is 100 Å². The molecular weight excluding hydrogens is 224 g/mol. The van der Waals surface area contributed by atoms with Gasteiger partial charge in [-0.1, -0.05) is 12.8 Å². The Kier molecular flexibility index (Phi) is 4.15. The van der Waals surface area contributed by atoms with Crippen LogP contribution in [-0.4, -0.2) is 27.4 Å². The molecule has 5 heteroatoms. The predicted molar refractivity (Wildman–Crippen MR) is 63.7 cm³/mol. The Morgan fingerprint density at radius 1 is 1.50 bits per heavy atom. The highest BCUT2D eigenvalue weighted by molar-refractivity contribution is 7.71. The minimum Gasteiger partial charge on any atom is -0.390 e. The molecule has 1 fully saturated rings. The van der Waals surface area contributed by atoms with E-state index >= 15 is 0 Å². The van der Waals surface area contributed by atoms with E-state index in [0.29, 0.717) is 24.0 Å². The number of aliphatic hydroxyl groups excluding tert-OH is 1. The normalized spacial score (nSPS) is 17.1. The highest BCUT2D eigenvalue weighted by Gasteiger charge is 2.15. The van der Waals surface area contributed by atoms with Gasteiger partial charge < -0.3 is 19.4 Å². The van der Waals surface area contributed by atoms with Crippen molar-refractivity contribution in [1.82, 2.24) is 9.55 Å². The Morgan fingerprint density at radius 2 is 2.25 bits per heavy atom. The summed E-state index contributed by atoms with van der Waals surface area (Å²) in [7, 11) is 0. The van der Waals surface area contributed by atoms with E-state index in [0.717, 1.165) is 5.69 Å². The van der Waals surface area contributed by atoms with Gasteiger partial charge in [0.2, 0.25) is 0 Å². The monoisotopic (exact) mass is 242 g/mol. The van der Waals surface area contributed by atoms with Crippen molar-refractivity contribution in [2.75, 3.05) is 6.61 Å². The molecule has 0 spiro atoms. The van der Waals surface area contributed by atoms with E-state index in [1.54, 1.807) is 6.20 Å². The number of H-pyrrole nitrogens is 1. The molecule has 1 saturated carbocycles. The summed E-state index contributed by atoms with van der Waals surface area (Å²) >= 11 is 5.13. The first-order chi connectivity index (χ1) is 7.81. The van der Waals surface area contributed by atoms with Crippen molar-refractivity contribution in [3.05, 3.63) is 16.7 Å². The first-order valence-corrected chi connectivity index (χ1v) is 6.21. The van der Waals surface area contributed by atoms with Crippen molar-refractivity contribution in [1.29, 1.82) is 0 Å². The van der Waals surface area contributed by atoms with Crippen LogP contribution in [-0.2, 0) is 17.9 Å². The number of aliphatic hydroxyl groups is 1. The minimum absolute atomic E-state index is 0.0105. The molecule has 4 nitrogen and oxygen atoms in total. The summed E-state index contributed by atoms with van der Waals surface area (Å²) in [5.41, 5.74) is 0.819. The molecule has 1 aromatic heterocycles. The summed E-state index contributed by atoms with van der Waals surface area (Å²) in [6.07, 6.45) is 7.13. The molecule has 0 atom stereocenters. The molecule has 2 rings (SSSR count). The molecular formula is C11H18N2O2S. The second-order valence-corrected chi connectivity index (χ2v) is 4.56. The van der Waals surface area contributed by atoms with Gasteiger partial charge in [-0.3, -0.25) is 0 Å². The maximum atomic E-state index is 9.11. The third-order valence-electron chi connectivity index (χ3n) is 3.09. The van der Waals surface area contributed by atoms with Gasteiger partial charge >= 0.3 is 0 Å². The lowest BCUT2D eigenvalue weighted by molar-refractivity contribution is 0.0520. The lowest BCUT2D eigenvalue weighted by Gasteiger charge is -2.12. The van der Waals surface area contributed by atoms with E-state index in [4.69, 9.17) is 22.1 Å². The third-order valence-corrected chi connectivity index (χ3v) is 3.42. The zero-order valence-corrected chi connectivity index (χ0v) is 10.1. The van der Waals surface area contributed by atoms with Crippen molar-refractivity contribution < 1.29 is 9.84 Å². The molecule has 1 aromatic rings. The van der Waals surface area contributed by atoms with Gasteiger partial charge in [-0.25, -0.2) is 0 Å². The molecule has 0 radical (unpaired) electrons. The highest BCUT2D eigenvalue weighted by atomic mass is 32.1. The van der Waals surface area contributed by atoms with Crippen LogP contribution in [0.3, 0.4) is 0 Å². The van der Waals surface area contributed by atoms with Crippen LogP contribution in [0.1, 0.15) is 31.4 Å². The van der Waals surface area contributed by atoms with Crippen LogP contribution in [0.4, 0.5) is 0 Å². The number of aromatic amines is 1. The number of ether oxygens (including phenoxy) is 1. The molecule has 0 amide bonds. The highest BCUT2D eigenvalue weighted by Crippen LogP contribution is 2.20. The summed E-state index contributed by atoms with van der Waals surface area (Å²) in [6.45, 7) is 1.40. The molecule has 0 saturated heterocycles. The Bertz CT molecular complexity index is 380. The number of hydrogen-bond donors (Lipinski definition) is 2. The van der Waals surface area contributed by atoms with E-state index in [1.807, 2.05) is 4.57 Å². The van der Waals surface area contributed by atoms with Gasteiger partial charge in [-0.05, 0) is 25.1 Å². The standard InChI is InChI=1S/C11H18N2O2S/c14-8-9-7-12-11(16)13(9)5-6-15-10-3-1-2-4-10/h7,10,14H,1-6,8H2,(H,12,16). The summed E-state index contributed by atoms with van der Waals surface area (Å²) < 4.78 is 8.31. The van der Waals surface area contributed by atoms with Crippen LogP contribution < -0.4 is 0 Å². The van der Waals surface area contributed by atoms with Gasteiger partial charge in [0.1, 0.15) is 0 Å². The smallest absolute Gasteiger partial charge is 0.177 e. The third kappa shape index (κ3) is 2.72. The van der Waals surface area contributed by atoms with E-state index < -0.39 is 0 Å². The van der Waals surface area contributed by atoms with Crippen molar-refractivity contribution in [2.45, 2.75) is 44.9 Å². The quantitative estimate of drug-likeness (QED) is 0.776. The van der Waals surface area contributed by atoms with Gasteiger partial charge in [-0.15, -0.1) is 0 Å². The number of nitrogens with one attached hydrogen (secondary N) is 1. The molecule has 16 heavy (non-hydrogen) atoms. The SMILES string of the molecule is OCc1c[nH]c(=S)n1CCOC1CCCC1. The maximum absolute atomic E-state index is 9.11. The van der Waals surface area contributed by atoms with Crippen LogP contribution in [0.5, 0.6) is 0 Å². The molecule has 2 N–H and O–H groups in total. The van der Waals surface area contributed by atoms with Crippen LogP contribution in [0.2, 0.25) is 0 Å². The van der Waals surface area contributed by atoms with E-state index in [-0.39, 0.29) is 6.61 Å². The average molecular weight is 242 g/mol. The number of nitrogens with zero attached hydrogens (tertiary/aromatic N) is 1. The fourth-order valence-corrected chi connectivity index (χ4v) is 2.44. The Hall–Kier alpha value is -0.650. The van der Waals surface area contributed by atoms with Gasteiger partial charge in [0.05, 0.1) is 25.0 Å². The zero-order valence-electron chi connectivity index (χ0n) is 9.32. The van der Waals surface area contributed by atoms with Gasteiger partial charge in [0.15, 0.2) is 4.77 Å². The van der Waals surface area contributed by atoms with Crippen LogP contribution in [0, 0.1) is 4.77 Å². The topological polar surface area (TPSA) is 50.2 Å². The lowest BCUT2D eigenvalue weighted by Crippen LogP contribution is -2.14. The molecule has 0 aromatic carbocycles. The number of imidazole rings is 1. The minimum atomic E-state index is 0.0105. The largest absolute Gasteiger partial charge is 0.390 e. The van der Waals surface area contributed by atoms with Crippen molar-refractivity contribution >= 4 is 12.2 Å². The van der Waals surface area contributed by atoms with Gasteiger partial charge in [-0.2, -0.15) is 0 Å². The molecule has 0 unspecified atom stereocenters. The van der Waals surface area contributed by atoms with E-state index in [9.17, 15) is 0 Å². The fourth-order valence-electron chi connectivity index (χ4n) is 2.17. The maximum Gasteiger partial charge on any atom is 0.177 e. The number of rotatable bonds is 5. The molecule has 1 aliphatic rings. The van der Waals surface area contributed by atoms with Crippen LogP contribution in [0.25, 0.3) is 0 Å². The summed E-state index contributed by atoms with van der Waals surface area (Å²) in [4.78, 5) is 2.93. The molecule has 90 valence electrons. The average Bonchev–Trinajstić information content (AvgIpc) is 2.90. The van der Waals surface area contributed by atoms with Crippen molar-refractivity contribution in [2.24, 2.45) is 0 Å². The van der Waals surface area contributed by atoms with Gasteiger partial charge in [0, 0.05) is 12.7 Å². The fraction of sp³-hybridized carbons (Fsp3) is 0.727. The first-order valence-electron chi connectivity index (χ1n) is 5.81. The number of aromatic nitrogens is 2.